The first-order valence-electron chi connectivity index (χ1n) is 4.83. The molecule has 0 fully saturated rings. The van der Waals surface area contributed by atoms with Crippen LogP contribution < -0.4 is 5.73 Å². The molecule has 1 unspecified atom stereocenters. The molecule has 0 saturated heterocycles. The Morgan fingerprint density at radius 2 is 2.19 bits per heavy atom. The molecule has 0 bridgehead atoms. The summed E-state index contributed by atoms with van der Waals surface area (Å²) in [6.07, 6.45) is 1.46. The lowest BCUT2D eigenvalue weighted by Gasteiger charge is -2.07. The van der Waals surface area contributed by atoms with Gasteiger partial charge in [0.1, 0.15) is 5.82 Å². The molecule has 5 nitrogen and oxygen atoms in total. The zero-order valence-electron chi connectivity index (χ0n) is 8.71. The largest absolute Gasteiger partial charge is 0.481 e. The first-order valence-corrected chi connectivity index (χ1v) is 4.83. The van der Waals surface area contributed by atoms with Crippen molar-refractivity contribution in [1.82, 2.24) is 9.97 Å². The quantitative estimate of drug-likeness (QED) is 0.793. The highest BCUT2D eigenvalue weighted by atomic mass is 16.4. The molecule has 0 amide bonds. The Balaban J connectivity index is 2.52. The molecule has 1 aromatic carbocycles. The Morgan fingerprint density at radius 1 is 1.44 bits per heavy atom. The van der Waals surface area contributed by atoms with Crippen LogP contribution in [0.15, 0.2) is 24.4 Å². The molecule has 1 aromatic heterocycles. The number of aromatic nitrogens is 2. The van der Waals surface area contributed by atoms with Crippen LogP contribution in [0.1, 0.15) is 18.4 Å². The van der Waals surface area contributed by atoms with Crippen molar-refractivity contribution in [2.75, 3.05) is 5.73 Å². The van der Waals surface area contributed by atoms with Gasteiger partial charge in [-0.2, -0.15) is 0 Å². The zero-order valence-corrected chi connectivity index (χ0v) is 8.71. The van der Waals surface area contributed by atoms with Gasteiger partial charge in [0.05, 0.1) is 23.1 Å². The van der Waals surface area contributed by atoms with Crippen LogP contribution in [0.2, 0.25) is 0 Å². The number of carbonyl (C=O) groups is 1. The number of nitrogen functional groups attached to an aromatic ring is 1. The van der Waals surface area contributed by atoms with E-state index in [1.807, 2.05) is 0 Å². The standard InChI is InChI=1S/C11H11N3O2/c1-6(11(15)16)7-2-3-8-9(4-7)13-5-10(12)14-8/h2-6H,1H3,(H2,12,14)(H,15,16). The lowest BCUT2D eigenvalue weighted by molar-refractivity contribution is -0.138. The fraction of sp³-hybridized carbons (Fsp3) is 0.182. The van der Waals surface area contributed by atoms with Gasteiger partial charge < -0.3 is 10.8 Å². The van der Waals surface area contributed by atoms with Gasteiger partial charge in [-0.15, -0.1) is 0 Å². The van der Waals surface area contributed by atoms with E-state index < -0.39 is 11.9 Å². The van der Waals surface area contributed by atoms with Crippen molar-refractivity contribution in [3.8, 4) is 0 Å². The second-order valence-electron chi connectivity index (χ2n) is 3.60. The Hall–Kier alpha value is -2.17. The van der Waals surface area contributed by atoms with Crippen LogP contribution in [0.4, 0.5) is 5.82 Å². The molecule has 1 heterocycles. The van der Waals surface area contributed by atoms with Gasteiger partial charge in [0.25, 0.3) is 0 Å². The van der Waals surface area contributed by atoms with E-state index in [-0.39, 0.29) is 0 Å². The number of carboxylic acids is 1. The number of nitrogens with zero attached hydrogens (tertiary/aromatic N) is 2. The van der Waals surface area contributed by atoms with E-state index in [2.05, 4.69) is 9.97 Å². The summed E-state index contributed by atoms with van der Waals surface area (Å²) in [5.41, 5.74) is 7.53. The fourth-order valence-corrected chi connectivity index (χ4v) is 1.45. The maximum Gasteiger partial charge on any atom is 0.310 e. The highest BCUT2D eigenvalue weighted by Gasteiger charge is 2.14. The van der Waals surface area contributed by atoms with Crippen LogP contribution in [-0.2, 0) is 4.79 Å². The van der Waals surface area contributed by atoms with Gasteiger partial charge in [0, 0.05) is 0 Å². The van der Waals surface area contributed by atoms with Gasteiger partial charge in [-0.05, 0) is 24.6 Å². The Morgan fingerprint density at radius 3 is 2.88 bits per heavy atom. The molecule has 82 valence electrons. The summed E-state index contributed by atoms with van der Waals surface area (Å²) in [6, 6.07) is 5.18. The number of rotatable bonds is 2. The minimum atomic E-state index is -0.859. The topological polar surface area (TPSA) is 89.1 Å². The molecule has 0 aliphatic rings. The van der Waals surface area contributed by atoms with Crippen LogP contribution in [0.3, 0.4) is 0 Å². The van der Waals surface area contributed by atoms with Crippen molar-refractivity contribution in [2.45, 2.75) is 12.8 Å². The SMILES string of the molecule is CC(C(=O)O)c1ccc2nc(N)cnc2c1. The number of hydrogen-bond donors (Lipinski definition) is 2. The number of carboxylic acid groups (broad SMARTS) is 1. The maximum atomic E-state index is 10.8. The van der Waals surface area contributed by atoms with E-state index in [1.54, 1.807) is 25.1 Å². The number of aliphatic carboxylic acids is 1. The first-order chi connectivity index (χ1) is 7.58. The van der Waals surface area contributed by atoms with Crippen molar-refractivity contribution < 1.29 is 9.90 Å². The average Bonchev–Trinajstić information content (AvgIpc) is 2.27. The number of hydrogen-bond acceptors (Lipinski definition) is 4. The third kappa shape index (κ3) is 1.79. The maximum absolute atomic E-state index is 10.8. The fourth-order valence-electron chi connectivity index (χ4n) is 1.45. The second-order valence-corrected chi connectivity index (χ2v) is 3.60. The molecule has 0 aliphatic carbocycles. The highest BCUT2D eigenvalue weighted by Crippen LogP contribution is 2.20. The van der Waals surface area contributed by atoms with Crippen molar-refractivity contribution in [3.05, 3.63) is 30.0 Å². The van der Waals surface area contributed by atoms with E-state index in [1.165, 1.54) is 6.20 Å². The Kier molecular flexibility index (Phi) is 2.44. The van der Waals surface area contributed by atoms with Crippen molar-refractivity contribution in [3.63, 3.8) is 0 Å². The minimum absolute atomic E-state index is 0.353. The minimum Gasteiger partial charge on any atom is -0.481 e. The molecular weight excluding hydrogens is 206 g/mol. The third-order valence-electron chi connectivity index (χ3n) is 2.46. The summed E-state index contributed by atoms with van der Waals surface area (Å²) in [5.74, 6) is -1.06. The summed E-state index contributed by atoms with van der Waals surface area (Å²) in [4.78, 5) is 19.0. The number of nitrogens with two attached hydrogens (primary N) is 1. The molecule has 16 heavy (non-hydrogen) atoms. The molecular formula is C11H11N3O2. The van der Waals surface area contributed by atoms with Gasteiger partial charge in [0.2, 0.25) is 0 Å². The third-order valence-corrected chi connectivity index (χ3v) is 2.46. The van der Waals surface area contributed by atoms with Gasteiger partial charge in [-0.1, -0.05) is 6.07 Å². The van der Waals surface area contributed by atoms with Crippen LogP contribution in [0.25, 0.3) is 11.0 Å². The molecule has 2 rings (SSSR count). The molecule has 1 atom stereocenters. The van der Waals surface area contributed by atoms with Gasteiger partial charge >= 0.3 is 5.97 Å². The Labute approximate surface area is 91.9 Å². The second kappa shape index (κ2) is 3.77. The van der Waals surface area contributed by atoms with Crippen LogP contribution in [0, 0.1) is 0 Å². The summed E-state index contributed by atoms with van der Waals surface area (Å²) in [7, 11) is 0. The smallest absolute Gasteiger partial charge is 0.310 e. The molecule has 5 heteroatoms. The van der Waals surface area contributed by atoms with E-state index in [0.717, 1.165) is 0 Å². The predicted molar refractivity (Wildman–Crippen MR) is 60.0 cm³/mol. The number of benzene rings is 1. The monoisotopic (exact) mass is 217 g/mol. The normalized spacial score (nSPS) is 12.6. The van der Waals surface area contributed by atoms with Gasteiger partial charge in [-0.3, -0.25) is 9.78 Å². The Bertz CT molecular complexity index is 554. The first kappa shape index (κ1) is 10.4. The van der Waals surface area contributed by atoms with Gasteiger partial charge in [0.15, 0.2) is 0 Å². The van der Waals surface area contributed by atoms with Crippen molar-refractivity contribution in [1.29, 1.82) is 0 Å². The zero-order chi connectivity index (χ0) is 11.7. The lowest BCUT2D eigenvalue weighted by atomic mass is 10.0. The van der Waals surface area contributed by atoms with Crippen LogP contribution >= 0.6 is 0 Å². The van der Waals surface area contributed by atoms with Crippen molar-refractivity contribution >= 4 is 22.8 Å². The van der Waals surface area contributed by atoms with E-state index in [9.17, 15) is 4.79 Å². The average molecular weight is 217 g/mol. The summed E-state index contributed by atoms with van der Waals surface area (Å²) in [5, 5.41) is 8.90. The van der Waals surface area contributed by atoms with Gasteiger partial charge in [-0.25, -0.2) is 4.98 Å². The summed E-state index contributed by atoms with van der Waals surface area (Å²) < 4.78 is 0. The molecule has 0 aliphatic heterocycles. The van der Waals surface area contributed by atoms with E-state index >= 15 is 0 Å². The molecule has 2 aromatic rings. The van der Waals surface area contributed by atoms with Crippen LogP contribution in [-0.4, -0.2) is 21.0 Å². The lowest BCUT2D eigenvalue weighted by Crippen LogP contribution is -2.07. The molecule has 0 radical (unpaired) electrons. The van der Waals surface area contributed by atoms with E-state index in [4.69, 9.17) is 10.8 Å². The molecule has 3 N–H and O–H groups in total. The van der Waals surface area contributed by atoms with Crippen molar-refractivity contribution in [2.24, 2.45) is 0 Å². The predicted octanol–water partition coefficient (Wildman–Crippen LogP) is 1.40. The van der Waals surface area contributed by atoms with Crippen LogP contribution in [0.5, 0.6) is 0 Å². The number of fused-ring (bicyclic) bond motifs is 1. The molecule has 0 saturated carbocycles. The van der Waals surface area contributed by atoms with E-state index in [0.29, 0.717) is 22.4 Å². The summed E-state index contributed by atoms with van der Waals surface area (Å²) in [6.45, 7) is 1.63. The number of anilines is 1. The highest BCUT2D eigenvalue weighted by molar-refractivity contribution is 5.80. The summed E-state index contributed by atoms with van der Waals surface area (Å²) >= 11 is 0. The molecule has 0 spiro atoms.